The molecule has 1 aromatic carbocycles. The van der Waals surface area contributed by atoms with Gasteiger partial charge in [0.25, 0.3) is 0 Å². The van der Waals surface area contributed by atoms with Crippen molar-refractivity contribution in [2.45, 2.75) is 32.7 Å². The zero-order valence-corrected chi connectivity index (χ0v) is 10.3. The van der Waals surface area contributed by atoms with Crippen LogP contribution in [0, 0.1) is 12.8 Å². The Morgan fingerprint density at radius 3 is 2.71 bits per heavy atom. The SMILES string of the molecule is Cc1ccc(NC(C)C2CC2)c(Br)c1. The van der Waals surface area contributed by atoms with E-state index in [1.807, 2.05) is 0 Å². The maximum atomic E-state index is 3.58. The highest BCUT2D eigenvalue weighted by Crippen LogP contribution is 2.35. The second kappa shape index (κ2) is 3.93. The van der Waals surface area contributed by atoms with Crippen molar-refractivity contribution in [2.24, 2.45) is 5.92 Å². The van der Waals surface area contributed by atoms with Crippen LogP contribution in [0.15, 0.2) is 22.7 Å². The van der Waals surface area contributed by atoms with Gasteiger partial charge in [-0.1, -0.05) is 6.07 Å². The highest BCUT2D eigenvalue weighted by atomic mass is 79.9. The molecule has 1 fully saturated rings. The first kappa shape index (κ1) is 10.0. The fraction of sp³-hybridized carbons (Fsp3) is 0.500. The number of nitrogens with one attached hydrogen (secondary N) is 1. The Hall–Kier alpha value is -0.500. The van der Waals surface area contributed by atoms with Crippen LogP contribution < -0.4 is 5.32 Å². The number of hydrogen-bond acceptors (Lipinski definition) is 1. The molecule has 14 heavy (non-hydrogen) atoms. The van der Waals surface area contributed by atoms with Crippen LogP contribution in [0.5, 0.6) is 0 Å². The van der Waals surface area contributed by atoms with Crippen LogP contribution in [0.4, 0.5) is 5.69 Å². The van der Waals surface area contributed by atoms with Gasteiger partial charge >= 0.3 is 0 Å². The summed E-state index contributed by atoms with van der Waals surface area (Å²) >= 11 is 3.58. The van der Waals surface area contributed by atoms with Gasteiger partial charge in [0.05, 0.1) is 0 Å². The van der Waals surface area contributed by atoms with Crippen molar-refractivity contribution in [3.63, 3.8) is 0 Å². The van der Waals surface area contributed by atoms with E-state index in [0.29, 0.717) is 6.04 Å². The number of hydrogen-bond donors (Lipinski definition) is 1. The largest absolute Gasteiger partial charge is 0.381 e. The van der Waals surface area contributed by atoms with Crippen LogP contribution in [-0.2, 0) is 0 Å². The van der Waals surface area contributed by atoms with Crippen LogP contribution in [0.25, 0.3) is 0 Å². The molecule has 1 atom stereocenters. The number of aryl methyl sites for hydroxylation is 1. The van der Waals surface area contributed by atoms with E-state index in [2.05, 4.69) is 53.3 Å². The molecule has 1 saturated carbocycles. The summed E-state index contributed by atoms with van der Waals surface area (Å²) in [5.41, 5.74) is 2.51. The van der Waals surface area contributed by atoms with Gasteiger partial charge in [0, 0.05) is 16.2 Å². The topological polar surface area (TPSA) is 12.0 Å². The number of rotatable bonds is 3. The molecule has 0 radical (unpaired) electrons. The first-order chi connectivity index (χ1) is 6.66. The summed E-state index contributed by atoms with van der Waals surface area (Å²) in [4.78, 5) is 0. The van der Waals surface area contributed by atoms with Gasteiger partial charge < -0.3 is 5.32 Å². The van der Waals surface area contributed by atoms with Gasteiger partial charge in [-0.3, -0.25) is 0 Å². The molecule has 1 aliphatic carbocycles. The minimum atomic E-state index is 0.606. The molecule has 1 aliphatic rings. The lowest BCUT2D eigenvalue weighted by Gasteiger charge is -2.15. The zero-order valence-electron chi connectivity index (χ0n) is 8.68. The Balaban J connectivity index is 2.07. The molecule has 0 aliphatic heterocycles. The third kappa shape index (κ3) is 2.30. The molecule has 1 unspecified atom stereocenters. The van der Waals surface area contributed by atoms with Crippen LogP contribution in [0.2, 0.25) is 0 Å². The van der Waals surface area contributed by atoms with E-state index in [1.165, 1.54) is 28.6 Å². The van der Waals surface area contributed by atoms with Crippen molar-refractivity contribution in [2.75, 3.05) is 5.32 Å². The van der Waals surface area contributed by atoms with E-state index in [1.54, 1.807) is 0 Å². The molecule has 2 heteroatoms. The van der Waals surface area contributed by atoms with Crippen LogP contribution >= 0.6 is 15.9 Å². The van der Waals surface area contributed by atoms with Gasteiger partial charge in [-0.05, 0) is 66.2 Å². The predicted molar refractivity (Wildman–Crippen MR) is 64.7 cm³/mol. The standard InChI is InChI=1S/C12H16BrN/c1-8-3-6-12(11(13)7-8)14-9(2)10-4-5-10/h3,6-7,9-10,14H,4-5H2,1-2H3. The Bertz CT molecular complexity index is 331. The summed E-state index contributed by atoms with van der Waals surface area (Å²) in [7, 11) is 0. The summed E-state index contributed by atoms with van der Waals surface area (Å²) in [6.07, 6.45) is 2.77. The average Bonchev–Trinajstić information content (AvgIpc) is 2.92. The minimum absolute atomic E-state index is 0.606. The Kier molecular flexibility index (Phi) is 2.82. The Labute approximate surface area is 94.0 Å². The molecule has 0 spiro atoms. The van der Waals surface area contributed by atoms with Gasteiger partial charge in [0.15, 0.2) is 0 Å². The lowest BCUT2D eigenvalue weighted by atomic mass is 10.2. The molecule has 0 aromatic heterocycles. The van der Waals surface area contributed by atoms with Crippen molar-refractivity contribution in [1.82, 2.24) is 0 Å². The van der Waals surface area contributed by atoms with Crippen molar-refractivity contribution in [3.8, 4) is 0 Å². The molecule has 0 bridgehead atoms. The maximum Gasteiger partial charge on any atom is 0.0486 e. The van der Waals surface area contributed by atoms with Crippen molar-refractivity contribution >= 4 is 21.6 Å². The summed E-state index contributed by atoms with van der Waals surface area (Å²) < 4.78 is 1.17. The average molecular weight is 254 g/mol. The van der Waals surface area contributed by atoms with E-state index in [-0.39, 0.29) is 0 Å². The molecule has 1 aromatic rings. The van der Waals surface area contributed by atoms with Gasteiger partial charge in [-0.15, -0.1) is 0 Å². The Morgan fingerprint density at radius 1 is 1.43 bits per heavy atom. The van der Waals surface area contributed by atoms with Gasteiger partial charge in [-0.25, -0.2) is 0 Å². The molecule has 76 valence electrons. The molecular formula is C12H16BrN. The maximum absolute atomic E-state index is 3.58. The highest BCUT2D eigenvalue weighted by Gasteiger charge is 2.27. The van der Waals surface area contributed by atoms with Crippen molar-refractivity contribution in [1.29, 1.82) is 0 Å². The second-order valence-corrected chi connectivity index (χ2v) is 5.11. The van der Waals surface area contributed by atoms with Crippen molar-refractivity contribution < 1.29 is 0 Å². The molecule has 0 saturated heterocycles. The number of benzene rings is 1. The fourth-order valence-corrected chi connectivity index (χ4v) is 2.30. The normalized spacial score (nSPS) is 17.9. The first-order valence-corrected chi connectivity index (χ1v) is 5.99. The molecule has 0 heterocycles. The lowest BCUT2D eigenvalue weighted by molar-refractivity contribution is 0.694. The van der Waals surface area contributed by atoms with Gasteiger partial charge in [0.1, 0.15) is 0 Å². The van der Waals surface area contributed by atoms with E-state index >= 15 is 0 Å². The lowest BCUT2D eigenvalue weighted by Crippen LogP contribution is -2.17. The number of anilines is 1. The van der Waals surface area contributed by atoms with Crippen LogP contribution in [0.3, 0.4) is 0 Å². The smallest absolute Gasteiger partial charge is 0.0486 e. The van der Waals surface area contributed by atoms with Gasteiger partial charge in [0.2, 0.25) is 0 Å². The molecule has 1 nitrogen and oxygen atoms in total. The van der Waals surface area contributed by atoms with E-state index in [9.17, 15) is 0 Å². The zero-order chi connectivity index (χ0) is 10.1. The predicted octanol–water partition coefficient (Wildman–Crippen LogP) is 3.97. The van der Waals surface area contributed by atoms with E-state index in [4.69, 9.17) is 0 Å². The summed E-state index contributed by atoms with van der Waals surface area (Å²) in [6.45, 7) is 4.38. The molecule has 1 N–H and O–H groups in total. The third-order valence-corrected chi connectivity index (χ3v) is 3.49. The summed E-state index contributed by atoms with van der Waals surface area (Å²) in [6, 6.07) is 7.06. The van der Waals surface area contributed by atoms with Crippen molar-refractivity contribution in [3.05, 3.63) is 28.2 Å². The first-order valence-electron chi connectivity index (χ1n) is 5.19. The third-order valence-electron chi connectivity index (χ3n) is 2.84. The monoisotopic (exact) mass is 253 g/mol. The van der Waals surface area contributed by atoms with E-state index in [0.717, 1.165) is 5.92 Å². The Morgan fingerprint density at radius 2 is 2.14 bits per heavy atom. The second-order valence-electron chi connectivity index (χ2n) is 4.25. The fourth-order valence-electron chi connectivity index (χ4n) is 1.70. The summed E-state index contributed by atoms with van der Waals surface area (Å²) in [5.74, 6) is 0.892. The van der Waals surface area contributed by atoms with Crippen LogP contribution in [0.1, 0.15) is 25.3 Å². The molecular weight excluding hydrogens is 238 g/mol. The van der Waals surface area contributed by atoms with E-state index < -0.39 is 0 Å². The number of halogens is 1. The minimum Gasteiger partial charge on any atom is -0.381 e. The highest BCUT2D eigenvalue weighted by molar-refractivity contribution is 9.10. The summed E-state index contributed by atoms with van der Waals surface area (Å²) in [5, 5.41) is 3.55. The quantitative estimate of drug-likeness (QED) is 0.860. The van der Waals surface area contributed by atoms with Crippen LogP contribution in [-0.4, -0.2) is 6.04 Å². The molecule has 0 amide bonds. The molecule has 2 rings (SSSR count). The van der Waals surface area contributed by atoms with Gasteiger partial charge in [-0.2, -0.15) is 0 Å².